The zero-order valence-corrected chi connectivity index (χ0v) is 7.41. The van der Waals surface area contributed by atoms with Crippen molar-refractivity contribution in [3.63, 3.8) is 0 Å². The Labute approximate surface area is 75.9 Å². The van der Waals surface area contributed by atoms with Gasteiger partial charge in [0.05, 0.1) is 0 Å². The van der Waals surface area contributed by atoms with E-state index in [2.05, 4.69) is 5.32 Å². The number of rotatable bonds is 6. The van der Waals surface area contributed by atoms with Gasteiger partial charge in [0.2, 0.25) is 5.91 Å². The van der Waals surface area contributed by atoms with Gasteiger partial charge >= 0.3 is 5.97 Å². The Morgan fingerprint density at radius 2 is 2.08 bits per heavy atom. The number of carbonyl (C=O) groups excluding carboxylic acids is 1. The minimum atomic E-state index is -1.06. The van der Waals surface area contributed by atoms with Crippen LogP contribution >= 0.6 is 0 Å². The molecule has 1 atom stereocenters. The Morgan fingerprint density at radius 3 is 2.46 bits per heavy atom. The Morgan fingerprint density at radius 1 is 1.46 bits per heavy atom. The standard InChI is InChI=1S/C7H14N2O4/c1-5(10)9-6(7(11)12)3-2-4-8-13/h6,8,13H,2-4H2,1H3,(H,9,10)(H,11,12)/t6-/m0/s1. The molecule has 0 aromatic carbocycles. The summed E-state index contributed by atoms with van der Waals surface area (Å²) in [6.07, 6.45) is 0.774. The van der Waals surface area contributed by atoms with Crippen molar-refractivity contribution >= 4 is 11.9 Å². The molecule has 0 aromatic rings. The Kier molecular flexibility index (Phi) is 5.82. The highest BCUT2D eigenvalue weighted by atomic mass is 16.5. The van der Waals surface area contributed by atoms with E-state index in [-0.39, 0.29) is 5.91 Å². The fraction of sp³-hybridized carbons (Fsp3) is 0.714. The van der Waals surface area contributed by atoms with Crippen molar-refractivity contribution in [2.45, 2.75) is 25.8 Å². The summed E-state index contributed by atoms with van der Waals surface area (Å²) in [4.78, 5) is 21.1. The number of nitrogens with one attached hydrogen (secondary N) is 2. The van der Waals surface area contributed by atoms with Gasteiger partial charge in [-0.3, -0.25) is 4.79 Å². The lowest BCUT2D eigenvalue weighted by molar-refractivity contribution is -0.141. The van der Waals surface area contributed by atoms with Crippen molar-refractivity contribution in [2.24, 2.45) is 0 Å². The monoisotopic (exact) mass is 190 g/mol. The summed E-state index contributed by atoms with van der Waals surface area (Å²) < 4.78 is 0. The van der Waals surface area contributed by atoms with Crippen LogP contribution in [0.2, 0.25) is 0 Å². The average Bonchev–Trinajstić information content (AvgIpc) is 2.02. The van der Waals surface area contributed by atoms with E-state index < -0.39 is 12.0 Å². The van der Waals surface area contributed by atoms with E-state index in [0.717, 1.165) is 0 Å². The van der Waals surface area contributed by atoms with Crippen LogP contribution in [0.15, 0.2) is 0 Å². The quantitative estimate of drug-likeness (QED) is 0.329. The van der Waals surface area contributed by atoms with Gasteiger partial charge in [-0.15, -0.1) is 0 Å². The van der Waals surface area contributed by atoms with Gasteiger partial charge in [0.15, 0.2) is 0 Å². The second kappa shape index (κ2) is 6.38. The maximum absolute atomic E-state index is 10.6. The van der Waals surface area contributed by atoms with Crippen LogP contribution in [0.3, 0.4) is 0 Å². The van der Waals surface area contributed by atoms with Crippen LogP contribution in [-0.4, -0.2) is 34.8 Å². The predicted molar refractivity (Wildman–Crippen MR) is 44.3 cm³/mol. The minimum Gasteiger partial charge on any atom is -0.480 e. The molecular weight excluding hydrogens is 176 g/mol. The van der Waals surface area contributed by atoms with Gasteiger partial charge in [0.25, 0.3) is 0 Å². The van der Waals surface area contributed by atoms with Crippen LogP contribution in [-0.2, 0) is 9.59 Å². The van der Waals surface area contributed by atoms with Crippen LogP contribution in [0, 0.1) is 0 Å². The van der Waals surface area contributed by atoms with Crippen LogP contribution in [0.1, 0.15) is 19.8 Å². The molecule has 0 aromatic heterocycles. The predicted octanol–water partition coefficient (Wildman–Crippen LogP) is -0.665. The Bertz CT molecular complexity index is 183. The van der Waals surface area contributed by atoms with Gasteiger partial charge < -0.3 is 15.6 Å². The lowest BCUT2D eigenvalue weighted by Crippen LogP contribution is -2.39. The van der Waals surface area contributed by atoms with E-state index >= 15 is 0 Å². The minimum absolute atomic E-state index is 0.294. The highest BCUT2D eigenvalue weighted by Gasteiger charge is 2.16. The fourth-order valence-corrected chi connectivity index (χ4v) is 0.888. The lowest BCUT2D eigenvalue weighted by Gasteiger charge is -2.12. The first-order valence-corrected chi connectivity index (χ1v) is 3.94. The molecule has 4 N–H and O–H groups in total. The van der Waals surface area contributed by atoms with Crippen molar-refractivity contribution in [1.29, 1.82) is 0 Å². The summed E-state index contributed by atoms with van der Waals surface area (Å²) in [5, 5.41) is 19.1. The molecule has 0 unspecified atom stereocenters. The molecule has 0 aliphatic rings. The molecule has 6 heteroatoms. The van der Waals surface area contributed by atoms with Gasteiger partial charge in [-0.25, -0.2) is 10.3 Å². The van der Waals surface area contributed by atoms with Crippen LogP contribution in [0.25, 0.3) is 0 Å². The van der Waals surface area contributed by atoms with E-state index in [1.807, 2.05) is 5.48 Å². The molecule has 0 fully saturated rings. The summed E-state index contributed by atoms with van der Waals surface area (Å²) in [6, 6.07) is -0.870. The average molecular weight is 190 g/mol. The third kappa shape index (κ3) is 6.06. The van der Waals surface area contributed by atoms with Gasteiger partial charge in [0.1, 0.15) is 6.04 Å². The molecule has 0 spiro atoms. The molecule has 0 aliphatic carbocycles. The van der Waals surface area contributed by atoms with Crippen LogP contribution in [0.4, 0.5) is 0 Å². The van der Waals surface area contributed by atoms with Gasteiger partial charge in [-0.05, 0) is 12.8 Å². The molecule has 0 heterocycles. The number of hydrogen-bond acceptors (Lipinski definition) is 4. The zero-order chi connectivity index (χ0) is 10.3. The third-order valence-corrected chi connectivity index (χ3v) is 1.46. The van der Waals surface area contributed by atoms with E-state index in [1.165, 1.54) is 6.92 Å². The van der Waals surface area contributed by atoms with E-state index in [0.29, 0.717) is 19.4 Å². The van der Waals surface area contributed by atoms with Crippen molar-refractivity contribution in [3.05, 3.63) is 0 Å². The van der Waals surface area contributed by atoms with Gasteiger partial charge in [-0.2, -0.15) is 0 Å². The smallest absolute Gasteiger partial charge is 0.326 e. The zero-order valence-electron chi connectivity index (χ0n) is 7.41. The summed E-state index contributed by atoms with van der Waals surface area (Å²) in [7, 11) is 0. The molecule has 76 valence electrons. The van der Waals surface area contributed by atoms with Crippen molar-refractivity contribution < 1.29 is 19.9 Å². The summed E-state index contributed by atoms with van der Waals surface area (Å²) >= 11 is 0. The van der Waals surface area contributed by atoms with Gasteiger partial charge in [-0.1, -0.05) is 0 Å². The van der Waals surface area contributed by atoms with E-state index in [1.54, 1.807) is 0 Å². The topological polar surface area (TPSA) is 98.7 Å². The summed E-state index contributed by atoms with van der Waals surface area (Å²) in [6.45, 7) is 1.57. The number of amides is 1. The normalized spacial score (nSPS) is 12.2. The third-order valence-electron chi connectivity index (χ3n) is 1.46. The lowest BCUT2D eigenvalue weighted by atomic mass is 10.1. The maximum Gasteiger partial charge on any atom is 0.326 e. The van der Waals surface area contributed by atoms with Crippen molar-refractivity contribution in [3.8, 4) is 0 Å². The van der Waals surface area contributed by atoms with E-state index in [9.17, 15) is 9.59 Å². The molecule has 0 radical (unpaired) electrons. The largest absolute Gasteiger partial charge is 0.480 e. The Hall–Kier alpha value is -1.14. The summed E-state index contributed by atoms with van der Waals surface area (Å²) in [5.74, 6) is -1.43. The van der Waals surface area contributed by atoms with Crippen LogP contribution < -0.4 is 10.8 Å². The van der Waals surface area contributed by atoms with Crippen molar-refractivity contribution in [1.82, 2.24) is 10.8 Å². The second-order valence-electron chi connectivity index (χ2n) is 2.64. The number of carboxylic acid groups (broad SMARTS) is 1. The van der Waals surface area contributed by atoms with Gasteiger partial charge in [0, 0.05) is 13.5 Å². The maximum atomic E-state index is 10.6. The number of hydrogen-bond donors (Lipinski definition) is 4. The Balaban J connectivity index is 3.81. The first-order valence-electron chi connectivity index (χ1n) is 3.94. The SMILES string of the molecule is CC(=O)N[C@@H](CCCNO)C(=O)O. The number of hydroxylamine groups is 1. The molecule has 0 rings (SSSR count). The molecule has 0 bridgehead atoms. The molecule has 0 saturated carbocycles. The first kappa shape index (κ1) is 11.9. The second-order valence-corrected chi connectivity index (χ2v) is 2.64. The molecule has 6 nitrogen and oxygen atoms in total. The first-order chi connectivity index (χ1) is 6.07. The van der Waals surface area contributed by atoms with E-state index in [4.69, 9.17) is 10.3 Å². The molecule has 0 saturated heterocycles. The van der Waals surface area contributed by atoms with Crippen molar-refractivity contribution in [2.75, 3.05) is 6.54 Å². The fourth-order valence-electron chi connectivity index (χ4n) is 0.888. The highest BCUT2D eigenvalue weighted by molar-refractivity contribution is 5.81. The molecular formula is C7H14N2O4. The molecule has 13 heavy (non-hydrogen) atoms. The molecule has 1 amide bonds. The van der Waals surface area contributed by atoms with Crippen LogP contribution in [0.5, 0.6) is 0 Å². The summed E-state index contributed by atoms with van der Waals surface area (Å²) in [5.41, 5.74) is 1.91. The molecule has 0 aliphatic heterocycles. The number of carboxylic acids is 1. The number of aliphatic carboxylic acids is 1. The number of carbonyl (C=O) groups is 2. The highest BCUT2D eigenvalue weighted by Crippen LogP contribution is 1.96.